The Kier molecular flexibility index (Phi) is 7.01. The zero-order chi connectivity index (χ0) is 10.1. The maximum absolute atomic E-state index is 5.00. The zero-order valence-electron chi connectivity index (χ0n) is 9.35. The van der Waals surface area contributed by atoms with Gasteiger partial charge in [-0.3, -0.25) is 0 Å². The van der Waals surface area contributed by atoms with Gasteiger partial charge in [-0.2, -0.15) is 0 Å². The molecule has 0 aromatic carbocycles. The average molecular weight is 200 g/mol. The van der Waals surface area contributed by atoms with Crippen molar-refractivity contribution in [2.24, 2.45) is 5.92 Å². The first kappa shape index (κ1) is 12.0. The lowest BCUT2D eigenvalue weighted by Gasteiger charge is -2.22. The molecule has 2 N–H and O–H groups in total. The number of hydrogen-bond acceptors (Lipinski definition) is 3. The Morgan fingerprint density at radius 2 is 2.36 bits per heavy atom. The first-order valence-corrected chi connectivity index (χ1v) is 5.84. The molecule has 1 aliphatic rings. The molecule has 0 aromatic heterocycles. The van der Waals surface area contributed by atoms with Crippen LogP contribution in [0.25, 0.3) is 0 Å². The Hall–Kier alpha value is -0.120. The second-order valence-electron chi connectivity index (χ2n) is 4.12. The van der Waals surface area contributed by atoms with Crippen molar-refractivity contribution in [2.75, 3.05) is 39.9 Å². The van der Waals surface area contributed by atoms with Gasteiger partial charge in [-0.1, -0.05) is 0 Å². The molecule has 1 aliphatic heterocycles. The van der Waals surface area contributed by atoms with E-state index in [1.165, 1.54) is 45.3 Å². The Labute approximate surface area is 87.6 Å². The molecule has 0 amide bonds. The summed E-state index contributed by atoms with van der Waals surface area (Å²) in [5.74, 6) is 0.853. The molecule has 1 unspecified atom stereocenters. The quantitative estimate of drug-likeness (QED) is 0.602. The maximum atomic E-state index is 5.00. The van der Waals surface area contributed by atoms with Crippen LogP contribution in [0.5, 0.6) is 0 Å². The van der Waals surface area contributed by atoms with Gasteiger partial charge < -0.3 is 15.4 Å². The summed E-state index contributed by atoms with van der Waals surface area (Å²) >= 11 is 0. The fourth-order valence-corrected chi connectivity index (χ4v) is 1.90. The molecule has 84 valence electrons. The summed E-state index contributed by atoms with van der Waals surface area (Å²) in [6, 6.07) is 0. The molecule has 1 heterocycles. The van der Waals surface area contributed by atoms with E-state index >= 15 is 0 Å². The largest absolute Gasteiger partial charge is 0.385 e. The smallest absolute Gasteiger partial charge is 0.0462 e. The third kappa shape index (κ3) is 5.58. The molecule has 0 aromatic rings. The molecule has 1 saturated heterocycles. The molecule has 0 saturated carbocycles. The summed E-state index contributed by atoms with van der Waals surface area (Å²) in [5, 5.41) is 6.95. The monoisotopic (exact) mass is 200 g/mol. The van der Waals surface area contributed by atoms with Crippen LogP contribution >= 0.6 is 0 Å². The van der Waals surface area contributed by atoms with Crippen LogP contribution < -0.4 is 10.6 Å². The fourth-order valence-electron chi connectivity index (χ4n) is 1.90. The molecule has 1 atom stereocenters. The topological polar surface area (TPSA) is 33.3 Å². The van der Waals surface area contributed by atoms with E-state index in [4.69, 9.17) is 4.74 Å². The van der Waals surface area contributed by atoms with Crippen LogP contribution in [0.4, 0.5) is 0 Å². The normalized spacial score (nSPS) is 22.5. The van der Waals surface area contributed by atoms with E-state index in [2.05, 4.69) is 10.6 Å². The number of piperidine rings is 1. The summed E-state index contributed by atoms with van der Waals surface area (Å²) in [7, 11) is 1.77. The van der Waals surface area contributed by atoms with Crippen LogP contribution in [0.3, 0.4) is 0 Å². The molecular weight excluding hydrogens is 176 g/mol. The summed E-state index contributed by atoms with van der Waals surface area (Å²) in [6.07, 6.45) is 5.13. The molecule has 0 bridgehead atoms. The average Bonchev–Trinajstić information content (AvgIpc) is 2.25. The van der Waals surface area contributed by atoms with E-state index in [0.29, 0.717) is 0 Å². The number of unbranched alkanes of at least 4 members (excludes halogenated alkanes) is 1. The Balaban J connectivity index is 1.82. The van der Waals surface area contributed by atoms with Crippen molar-refractivity contribution in [3.05, 3.63) is 0 Å². The number of methoxy groups -OCH3 is 1. The van der Waals surface area contributed by atoms with Crippen molar-refractivity contribution in [1.82, 2.24) is 10.6 Å². The highest BCUT2D eigenvalue weighted by molar-refractivity contribution is 4.70. The van der Waals surface area contributed by atoms with E-state index in [0.717, 1.165) is 19.1 Å². The van der Waals surface area contributed by atoms with Gasteiger partial charge in [-0.25, -0.2) is 0 Å². The molecule has 3 heteroatoms. The van der Waals surface area contributed by atoms with Gasteiger partial charge in [0.2, 0.25) is 0 Å². The highest BCUT2D eigenvalue weighted by atomic mass is 16.5. The minimum atomic E-state index is 0.853. The van der Waals surface area contributed by atoms with Crippen molar-refractivity contribution in [1.29, 1.82) is 0 Å². The minimum Gasteiger partial charge on any atom is -0.385 e. The van der Waals surface area contributed by atoms with Gasteiger partial charge in [0.15, 0.2) is 0 Å². The summed E-state index contributed by atoms with van der Waals surface area (Å²) in [5.41, 5.74) is 0. The summed E-state index contributed by atoms with van der Waals surface area (Å²) in [6.45, 7) is 5.63. The van der Waals surface area contributed by atoms with Crippen LogP contribution in [-0.2, 0) is 4.74 Å². The number of ether oxygens (including phenoxy) is 1. The van der Waals surface area contributed by atoms with Crippen LogP contribution in [0.2, 0.25) is 0 Å². The first-order valence-electron chi connectivity index (χ1n) is 5.84. The molecule has 0 aliphatic carbocycles. The third-order valence-electron chi connectivity index (χ3n) is 2.78. The Morgan fingerprint density at radius 1 is 1.43 bits per heavy atom. The second-order valence-corrected chi connectivity index (χ2v) is 4.12. The highest BCUT2D eigenvalue weighted by Crippen LogP contribution is 2.07. The van der Waals surface area contributed by atoms with E-state index in [9.17, 15) is 0 Å². The molecule has 1 fully saturated rings. The third-order valence-corrected chi connectivity index (χ3v) is 2.78. The van der Waals surface area contributed by atoms with Crippen LogP contribution in [-0.4, -0.2) is 39.9 Å². The van der Waals surface area contributed by atoms with E-state index in [-0.39, 0.29) is 0 Å². The van der Waals surface area contributed by atoms with Gasteiger partial charge in [0, 0.05) is 13.7 Å². The van der Waals surface area contributed by atoms with E-state index in [1.807, 2.05) is 0 Å². The van der Waals surface area contributed by atoms with Crippen LogP contribution in [0.1, 0.15) is 25.7 Å². The van der Waals surface area contributed by atoms with Gasteiger partial charge in [0.25, 0.3) is 0 Å². The van der Waals surface area contributed by atoms with E-state index in [1.54, 1.807) is 7.11 Å². The molecule has 1 rings (SSSR count). The minimum absolute atomic E-state index is 0.853. The molecule has 14 heavy (non-hydrogen) atoms. The number of rotatable bonds is 7. The number of hydrogen-bond donors (Lipinski definition) is 2. The van der Waals surface area contributed by atoms with Gasteiger partial charge in [0.1, 0.15) is 0 Å². The fraction of sp³-hybridized carbons (Fsp3) is 1.00. The summed E-state index contributed by atoms with van der Waals surface area (Å²) in [4.78, 5) is 0. The predicted molar refractivity (Wildman–Crippen MR) is 59.6 cm³/mol. The van der Waals surface area contributed by atoms with Crippen LogP contribution in [0.15, 0.2) is 0 Å². The van der Waals surface area contributed by atoms with Gasteiger partial charge in [0.05, 0.1) is 0 Å². The molecular formula is C11H24N2O. The van der Waals surface area contributed by atoms with Crippen molar-refractivity contribution in [2.45, 2.75) is 25.7 Å². The molecule has 3 nitrogen and oxygen atoms in total. The first-order chi connectivity index (χ1) is 6.93. The lowest BCUT2D eigenvalue weighted by Crippen LogP contribution is -2.36. The van der Waals surface area contributed by atoms with Gasteiger partial charge in [-0.15, -0.1) is 0 Å². The Morgan fingerprint density at radius 3 is 3.07 bits per heavy atom. The summed E-state index contributed by atoms with van der Waals surface area (Å²) < 4.78 is 5.00. The van der Waals surface area contributed by atoms with Crippen molar-refractivity contribution < 1.29 is 4.74 Å². The highest BCUT2D eigenvalue weighted by Gasteiger charge is 2.11. The molecule has 0 spiro atoms. The molecule has 0 radical (unpaired) electrons. The maximum Gasteiger partial charge on any atom is 0.0462 e. The van der Waals surface area contributed by atoms with E-state index < -0.39 is 0 Å². The van der Waals surface area contributed by atoms with Gasteiger partial charge >= 0.3 is 0 Å². The number of nitrogens with one attached hydrogen (secondary N) is 2. The lowest BCUT2D eigenvalue weighted by molar-refractivity contribution is 0.192. The Bertz CT molecular complexity index is 124. The van der Waals surface area contributed by atoms with Crippen molar-refractivity contribution in [3.63, 3.8) is 0 Å². The SMILES string of the molecule is COCCCCNCC1CCCNC1. The standard InChI is InChI=1S/C11H24N2O/c1-14-8-3-2-6-12-9-11-5-4-7-13-10-11/h11-13H,2-10H2,1H3. The van der Waals surface area contributed by atoms with Crippen LogP contribution in [0, 0.1) is 5.92 Å². The van der Waals surface area contributed by atoms with Gasteiger partial charge in [-0.05, 0) is 57.8 Å². The van der Waals surface area contributed by atoms with Crippen molar-refractivity contribution >= 4 is 0 Å². The van der Waals surface area contributed by atoms with Crippen molar-refractivity contribution in [3.8, 4) is 0 Å². The zero-order valence-corrected chi connectivity index (χ0v) is 9.35. The predicted octanol–water partition coefficient (Wildman–Crippen LogP) is 1.00. The second kappa shape index (κ2) is 8.21. The lowest BCUT2D eigenvalue weighted by atomic mass is 10.00.